The second kappa shape index (κ2) is 11.8. The maximum absolute atomic E-state index is 13.0. The van der Waals surface area contributed by atoms with Gasteiger partial charge < -0.3 is 16.0 Å². The van der Waals surface area contributed by atoms with Crippen molar-refractivity contribution < 1.29 is 14.4 Å². The number of hydrogen-bond acceptors (Lipinski definition) is 3. The van der Waals surface area contributed by atoms with Crippen LogP contribution in [-0.4, -0.2) is 29.8 Å². The van der Waals surface area contributed by atoms with Crippen molar-refractivity contribution in [3.63, 3.8) is 0 Å². The monoisotopic (exact) mass is 469 g/mol. The zero-order chi connectivity index (χ0) is 23.8. The lowest BCUT2D eigenvalue weighted by Crippen LogP contribution is -2.47. The van der Waals surface area contributed by atoms with Crippen LogP contribution in [0, 0.1) is 5.92 Å². The Kier molecular flexibility index (Phi) is 8.89. The van der Waals surface area contributed by atoms with E-state index in [9.17, 15) is 14.4 Å². The summed E-state index contributed by atoms with van der Waals surface area (Å²) in [7, 11) is 0. The summed E-state index contributed by atoms with van der Waals surface area (Å²) in [6, 6.07) is 13.7. The lowest BCUT2D eigenvalue weighted by molar-refractivity contribution is -0.127. The van der Waals surface area contributed by atoms with Crippen LogP contribution in [0.25, 0.3) is 0 Å². The highest BCUT2D eigenvalue weighted by molar-refractivity contribution is 6.34. The van der Waals surface area contributed by atoms with Crippen molar-refractivity contribution in [2.75, 3.05) is 5.32 Å². The average Bonchev–Trinajstić information content (AvgIpc) is 2.79. The smallest absolute Gasteiger partial charge is 0.253 e. The number of benzene rings is 2. The molecule has 176 valence electrons. The molecule has 33 heavy (non-hydrogen) atoms. The lowest BCUT2D eigenvalue weighted by Gasteiger charge is -2.23. The highest BCUT2D eigenvalue weighted by atomic mass is 35.5. The number of carbonyl (C=O) groups is 3. The van der Waals surface area contributed by atoms with Crippen LogP contribution in [0.5, 0.6) is 0 Å². The average molecular weight is 470 g/mol. The summed E-state index contributed by atoms with van der Waals surface area (Å²) in [5, 5.41) is 9.04. The SMILES string of the molecule is CC(C)C(NC(=O)Cc1ccccc1)C(=O)Nc1ccc(Cl)c(C(=O)NC2CCCCC2)c1. The van der Waals surface area contributed by atoms with Gasteiger partial charge in [0.25, 0.3) is 5.91 Å². The topological polar surface area (TPSA) is 87.3 Å². The van der Waals surface area contributed by atoms with Gasteiger partial charge in [0.15, 0.2) is 0 Å². The summed E-state index contributed by atoms with van der Waals surface area (Å²) in [5.74, 6) is -0.920. The fourth-order valence-electron chi connectivity index (χ4n) is 4.05. The number of nitrogens with one attached hydrogen (secondary N) is 3. The zero-order valence-corrected chi connectivity index (χ0v) is 20.0. The molecule has 1 atom stereocenters. The largest absolute Gasteiger partial charge is 0.349 e. The first-order valence-corrected chi connectivity index (χ1v) is 12.0. The van der Waals surface area contributed by atoms with Gasteiger partial charge in [-0.05, 0) is 42.5 Å². The highest BCUT2D eigenvalue weighted by Gasteiger charge is 2.25. The first-order chi connectivity index (χ1) is 15.8. The number of halogens is 1. The molecule has 3 rings (SSSR count). The molecule has 0 heterocycles. The molecule has 7 heteroatoms. The van der Waals surface area contributed by atoms with Crippen LogP contribution in [0.1, 0.15) is 61.9 Å². The Labute approximate surface area is 200 Å². The molecule has 0 radical (unpaired) electrons. The Morgan fingerprint density at radius 3 is 2.36 bits per heavy atom. The van der Waals surface area contributed by atoms with E-state index in [1.165, 1.54) is 6.42 Å². The molecule has 0 aromatic heterocycles. The van der Waals surface area contributed by atoms with Gasteiger partial charge in [-0.15, -0.1) is 0 Å². The van der Waals surface area contributed by atoms with Crippen LogP contribution in [0.15, 0.2) is 48.5 Å². The maximum atomic E-state index is 13.0. The summed E-state index contributed by atoms with van der Waals surface area (Å²) >= 11 is 6.27. The molecule has 1 aliphatic rings. The van der Waals surface area contributed by atoms with Crippen LogP contribution in [-0.2, 0) is 16.0 Å². The van der Waals surface area contributed by atoms with Crippen molar-refractivity contribution in [1.29, 1.82) is 0 Å². The van der Waals surface area contributed by atoms with E-state index in [0.29, 0.717) is 16.3 Å². The van der Waals surface area contributed by atoms with Gasteiger partial charge >= 0.3 is 0 Å². The van der Waals surface area contributed by atoms with E-state index in [4.69, 9.17) is 11.6 Å². The third-order valence-corrected chi connectivity index (χ3v) is 6.22. The second-order valence-corrected chi connectivity index (χ2v) is 9.35. The summed E-state index contributed by atoms with van der Waals surface area (Å²) in [5.41, 5.74) is 1.67. The maximum Gasteiger partial charge on any atom is 0.253 e. The molecule has 3 amide bonds. The van der Waals surface area contributed by atoms with Crippen molar-refractivity contribution in [3.05, 3.63) is 64.7 Å². The molecule has 3 N–H and O–H groups in total. The molecular weight excluding hydrogens is 438 g/mol. The zero-order valence-electron chi connectivity index (χ0n) is 19.2. The molecular formula is C26H32ClN3O3. The van der Waals surface area contributed by atoms with Crippen LogP contribution < -0.4 is 16.0 Å². The standard InChI is InChI=1S/C26H32ClN3O3/c1-17(2)24(30-23(31)15-18-9-5-3-6-10-18)26(33)29-20-13-14-22(27)21(16-20)25(32)28-19-11-7-4-8-12-19/h3,5-6,9-10,13-14,16-17,19,24H,4,7-8,11-12,15H2,1-2H3,(H,28,32)(H,29,33)(H,30,31). The van der Waals surface area contributed by atoms with Crippen molar-refractivity contribution in [1.82, 2.24) is 10.6 Å². The predicted molar refractivity (Wildman–Crippen MR) is 131 cm³/mol. The first-order valence-electron chi connectivity index (χ1n) is 11.6. The van der Waals surface area contributed by atoms with E-state index in [1.54, 1.807) is 18.2 Å². The summed E-state index contributed by atoms with van der Waals surface area (Å²) < 4.78 is 0. The van der Waals surface area contributed by atoms with Crippen molar-refractivity contribution in [2.24, 2.45) is 5.92 Å². The quantitative estimate of drug-likeness (QED) is 0.522. The van der Waals surface area contributed by atoms with Gasteiger partial charge in [-0.25, -0.2) is 0 Å². The van der Waals surface area contributed by atoms with Gasteiger partial charge in [0.1, 0.15) is 6.04 Å². The van der Waals surface area contributed by atoms with E-state index in [2.05, 4.69) is 16.0 Å². The molecule has 2 aromatic rings. The third-order valence-electron chi connectivity index (χ3n) is 5.89. The first kappa shape index (κ1) is 24.8. The summed E-state index contributed by atoms with van der Waals surface area (Å²) in [6.45, 7) is 3.75. The van der Waals surface area contributed by atoms with Gasteiger partial charge in [-0.1, -0.05) is 75.0 Å². The van der Waals surface area contributed by atoms with Crippen molar-refractivity contribution in [3.8, 4) is 0 Å². The Bertz CT molecular complexity index is 972. The fourth-order valence-corrected chi connectivity index (χ4v) is 4.25. The van der Waals surface area contributed by atoms with Gasteiger partial charge in [-0.3, -0.25) is 14.4 Å². The second-order valence-electron chi connectivity index (χ2n) is 8.94. The van der Waals surface area contributed by atoms with Gasteiger partial charge in [0.2, 0.25) is 11.8 Å². The van der Waals surface area contributed by atoms with Gasteiger partial charge in [0, 0.05) is 11.7 Å². The van der Waals surface area contributed by atoms with E-state index < -0.39 is 6.04 Å². The third kappa shape index (κ3) is 7.32. The van der Waals surface area contributed by atoms with E-state index in [0.717, 1.165) is 31.2 Å². The lowest BCUT2D eigenvalue weighted by atomic mass is 9.95. The number of rotatable bonds is 8. The molecule has 6 nitrogen and oxygen atoms in total. The van der Waals surface area contributed by atoms with E-state index >= 15 is 0 Å². The molecule has 0 spiro atoms. The van der Waals surface area contributed by atoms with E-state index in [-0.39, 0.29) is 36.1 Å². The molecule has 0 bridgehead atoms. The molecule has 1 saturated carbocycles. The minimum absolute atomic E-state index is 0.119. The van der Waals surface area contributed by atoms with Crippen molar-refractivity contribution >= 4 is 35.0 Å². The van der Waals surface area contributed by atoms with E-state index in [1.807, 2.05) is 44.2 Å². The molecule has 0 saturated heterocycles. The predicted octanol–water partition coefficient (Wildman–Crippen LogP) is 4.72. The Morgan fingerprint density at radius 2 is 1.70 bits per heavy atom. The van der Waals surface area contributed by atoms with Gasteiger partial charge in [0.05, 0.1) is 17.0 Å². The minimum atomic E-state index is -0.712. The Hall–Kier alpha value is -2.86. The molecule has 0 aliphatic heterocycles. The summed E-state index contributed by atoms with van der Waals surface area (Å²) in [4.78, 5) is 38.2. The number of carbonyl (C=O) groups excluding carboxylic acids is 3. The summed E-state index contributed by atoms with van der Waals surface area (Å²) in [6.07, 6.45) is 5.57. The molecule has 1 unspecified atom stereocenters. The van der Waals surface area contributed by atoms with Gasteiger partial charge in [-0.2, -0.15) is 0 Å². The number of anilines is 1. The Balaban J connectivity index is 1.64. The molecule has 1 fully saturated rings. The van der Waals surface area contributed by atoms with Crippen LogP contribution in [0.2, 0.25) is 5.02 Å². The minimum Gasteiger partial charge on any atom is -0.349 e. The number of amides is 3. The normalized spacial score (nSPS) is 15.0. The van der Waals surface area contributed by atoms with Crippen LogP contribution in [0.3, 0.4) is 0 Å². The Morgan fingerprint density at radius 1 is 1.00 bits per heavy atom. The molecule has 2 aromatic carbocycles. The van der Waals surface area contributed by atoms with Crippen molar-refractivity contribution in [2.45, 2.75) is 64.5 Å². The number of hydrogen-bond donors (Lipinski definition) is 3. The molecule has 1 aliphatic carbocycles. The van der Waals surface area contributed by atoms with Crippen LogP contribution in [0.4, 0.5) is 5.69 Å². The fraction of sp³-hybridized carbons (Fsp3) is 0.423. The highest BCUT2D eigenvalue weighted by Crippen LogP contribution is 2.23. The van der Waals surface area contributed by atoms with Crippen LogP contribution >= 0.6 is 11.6 Å².